The van der Waals surface area contributed by atoms with Crippen LogP contribution >= 0.6 is 0 Å². The van der Waals surface area contributed by atoms with Gasteiger partial charge in [0.1, 0.15) is 5.75 Å². The molecule has 1 atom stereocenters. The van der Waals surface area contributed by atoms with Crippen LogP contribution in [0.3, 0.4) is 0 Å². The Bertz CT molecular complexity index is 999. The Labute approximate surface area is 162 Å². The largest absolute Gasteiger partial charge is 0.496 e. The lowest BCUT2D eigenvalue weighted by Gasteiger charge is -2.32. The monoisotopic (exact) mass is 381 g/mol. The lowest BCUT2D eigenvalue weighted by Crippen LogP contribution is -2.49. The van der Waals surface area contributed by atoms with Gasteiger partial charge in [-0.3, -0.25) is 9.48 Å². The smallest absolute Gasteiger partial charge is 0.260 e. The Hall–Kier alpha value is -3.20. The van der Waals surface area contributed by atoms with Gasteiger partial charge in [0, 0.05) is 50.4 Å². The van der Waals surface area contributed by atoms with Crippen LogP contribution in [0.15, 0.2) is 30.5 Å². The second-order valence-corrected chi connectivity index (χ2v) is 6.95. The Morgan fingerprint density at radius 2 is 2.18 bits per heavy atom. The molecule has 3 heterocycles. The van der Waals surface area contributed by atoms with Gasteiger partial charge in [0.05, 0.1) is 18.2 Å². The average Bonchev–Trinajstić information content (AvgIpc) is 3.06. The van der Waals surface area contributed by atoms with E-state index >= 15 is 0 Å². The molecule has 1 fully saturated rings. The highest BCUT2D eigenvalue weighted by Gasteiger charge is 2.19. The minimum atomic E-state index is -0.305. The van der Waals surface area contributed by atoms with Crippen LogP contribution in [-0.2, 0) is 7.05 Å². The summed E-state index contributed by atoms with van der Waals surface area (Å²) in [6.45, 7) is 4.81. The van der Waals surface area contributed by atoms with Gasteiger partial charge in [-0.2, -0.15) is 5.10 Å². The number of methoxy groups -OCH3 is 1. The van der Waals surface area contributed by atoms with Crippen molar-refractivity contribution in [3.8, 4) is 5.75 Å². The van der Waals surface area contributed by atoms with Gasteiger partial charge >= 0.3 is 0 Å². The molecule has 146 valence electrons. The number of fused-ring (bicyclic) bond motifs is 1. The number of benzene rings is 1. The molecule has 4 rings (SSSR count). The summed E-state index contributed by atoms with van der Waals surface area (Å²) < 4.78 is 7.07. The van der Waals surface area contributed by atoms with Gasteiger partial charge in [-0.05, 0) is 25.1 Å². The quantitative estimate of drug-likeness (QED) is 0.705. The minimum absolute atomic E-state index is 0.305. The van der Waals surface area contributed by atoms with Crippen LogP contribution in [0.1, 0.15) is 17.3 Å². The number of carbonyl (C=O) groups excluding carboxylic acids is 1. The van der Waals surface area contributed by atoms with Crippen molar-refractivity contribution in [2.24, 2.45) is 7.05 Å². The molecule has 1 saturated heterocycles. The third-order valence-corrected chi connectivity index (χ3v) is 4.77. The van der Waals surface area contributed by atoms with Crippen LogP contribution in [0.25, 0.3) is 10.9 Å². The maximum atomic E-state index is 12.8. The van der Waals surface area contributed by atoms with E-state index in [1.807, 2.05) is 19.3 Å². The standard InChI is InChI=1S/C19H23N7O2/c1-12-10-26(7-6-20-12)18-5-4-17(22-23-18)21-19(27)14-8-13-11-25(2)24-15(13)9-16(14)28-3/h4-5,8-9,11-12,20H,6-7,10H2,1-3H3,(H,21,22,27)/t12-/m0/s1. The van der Waals surface area contributed by atoms with Crippen LogP contribution in [-0.4, -0.2) is 58.7 Å². The SMILES string of the molecule is COc1cc2nn(C)cc2cc1C(=O)Nc1ccc(N2CCN[C@@H](C)C2)nn1. The van der Waals surface area contributed by atoms with E-state index in [4.69, 9.17) is 4.74 Å². The van der Waals surface area contributed by atoms with Crippen LogP contribution in [0.2, 0.25) is 0 Å². The van der Waals surface area contributed by atoms with Crippen molar-refractivity contribution in [3.05, 3.63) is 36.0 Å². The minimum Gasteiger partial charge on any atom is -0.496 e. The maximum absolute atomic E-state index is 12.8. The fraction of sp³-hybridized carbons (Fsp3) is 0.368. The van der Waals surface area contributed by atoms with Crippen LogP contribution in [0.4, 0.5) is 11.6 Å². The molecule has 28 heavy (non-hydrogen) atoms. The van der Waals surface area contributed by atoms with Crippen molar-refractivity contribution < 1.29 is 9.53 Å². The number of piperazine rings is 1. The molecule has 1 amide bonds. The molecule has 0 radical (unpaired) electrons. The summed E-state index contributed by atoms with van der Waals surface area (Å²) >= 11 is 0. The number of aryl methyl sites for hydroxylation is 1. The summed E-state index contributed by atoms with van der Waals surface area (Å²) in [6, 6.07) is 7.57. The van der Waals surface area contributed by atoms with E-state index in [0.717, 1.165) is 36.4 Å². The first-order valence-electron chi connectivity index (χ1n) is 9.18. The van der Waals surface area contributed by atoms with Gasteiger partial charge in [-0.1, -0.05) is 0 Å². The van der Waals surface area contributed by atoms with E-state index in [9.17, 15) is 4.79 Å². The van der Waals surface area contributed by atoms with Crippen molar-refractivity contribution >= 4 is 28.4 Å². The van der Waals surface area contributed by atoms with Crippen LogP contribution in [0.5, 0.6) is 5.75 Å². The summed E-state index contributed by atoms with van der Waals surface area (Å²) in [6.07, 6.45) is 1.86. The normalized spacial score (nSPS) is 17.0. The van der Waals surface area contributed by atoms with E-state index in [1.165, 1.54) is 7.11 Å². The number of anilines is 2. The fourth-order valence-electron chi connectivity index (χ4n) is 3.41. The summed E-state index contributed by atoms with van der Waals surface area (Å²) in [5, 5.41) is 19.8. The van der Waals surface area contributed by atoms with Gasteiger partial charge < -0.3 is 20.3 Å². The predicted octanol–water partition coefficient (Wildman–Crippen LogP) is 1.42. The lowest BCUT2D eigenvalue weighted by atomic mass is 10.1. The van der Waals surface area contributed by atoms with Crippen molar-refractivity contribution in [1.82, 2.24) is 25.3 Å². The molecule has 1 aliphatic heterocycles. The van der Waals surface area contributed by atoms with Gasteiger partial charge in [-0.25, -0.2) is 0 Å². The number of rotatable bonds is 4. The van der Waals surface area contributed by atoms with Crippen molar-refractivity contribution in [2.45, 2.75) is 13.0 Å². The molecule has 9 heteroatoms. The molecule has 0 unspecified atom stereocenters. The summed E-state index contributed by atoms with van der Waals surface area (Å²) in [5.41, 5.74) is 1.19. The molecule has 9 nitrogen and oxygen atoms in total. The lowest BCUT2D eigenvalue weighted by molar-refractivity contribution is 0.102. The molecule has 1 aliphatic rings. The zero-order valence-corrected chi connectivity index (χ0v) is 16.1. The van der Waals surface area contributed by atoms with E-state index < -0.39 is 0 Å². The first-order chi connectivity index (χ1) is 13.5. The fourth-order valence-corrected chi connectivity index (χ4v) is 3.41. The molecule has 0 saturated carbocycles. The maximum Gasteiger partial charge on any atom is 0.260 e. The molecule has 2 aromatic heterocycles. The molecular formula is C19H23N7O2. The van der Waals surface area contributed by atoms with Crippen molar-refractivity contribution in [3.63, 3.8) is 0 Å². The number of hydrogen-bond acceptors (Lipinski definition) is 7. The zero-order chi connectivity index (χ0) is 19.7. The zero-order valence-electron chi connectivity index (χ0n) is 16.1. The van der Waals surface area contributed by atoms with E-state index in [2.05, 4.69) is 37.8 Å². The molecule has 3 aromatic rings. The van der Waals surface area contributed by atoms with Gasteiger partial charge in [0.2, 0.25) is 0 Å². The third-order valence-electron chi connectivity index (χ3n) is 4.77. The molecule has 1 aromatic carbocycles. The van der Waals surface area contributed by atoms with E-state index in [1.54, 1.807) is 22.9 Å². The number of aromatic nitrogens is 4. The predicted molar refractivity (Wildman–Crippen MR) is 107 cm³/mol. The molecule has 2 N–H and O–H groups in total. The van der Waals surface area contributed by atoms with Gasteiger partial charge in [0.15, 0.2) is 11.6 Å². The number of amides is 1. The molecule has 0 bridgehead atoms. The third kappa shape index (κ3) is 3.61. The first-order valence-corrected chi connectivity index (χ1v) is 9.18. The highest BCUT2D eigenvalue weighted by atomic mass is 16.5. The summed E-state index contributed by atoms with van der Waals surface area (Å²) in [7, 11) is 3.37. The van der Waals surface area contributed by atoms with Crippen molar-refractivity contribution in [2.75, 3.05) is 37.0 Å². The van der Waals surface area contributed by atoms with Crippen LogP contribution in [0, 0.1) is 0 Å². The molecule has 0 spiro atoms. The second kappa shape index (κ2) is 7.43. The second-order valence-electron chi connectivity index (χ2n) is 6.95. The number of hydrogen-bond donors (Lipinski definition) is 2. The Kier molecular flexibility index (Phi) is 4.82. The summed E-state index contributed by atoms with van der Waals surface area (Å²) in [5.74, 6) is 1.36. The Morgan fingerprint density at radius 1 is 1.32 bits per heavy atom. The molecule has 0 aliphatic carbocycles. The molecular weight excluding hydrogens is 358 g/mol. The number of carbonyl (C=O) groups is 1. The van der Waals surface area contributed by atoms with Gasteiger partial charge in [-0.15, -0.1) is 10.2 Å². The highest BCUT2D eigenvalue weighted by Crippen LogP contribution is 2.26. The topological polar surface area (TPSA) is 97.2 Å². The number of nitrogens with zero attached hydrogens (tertiary/aromatic N) is 5. The van der Waals surface area contributed by atoms with Crippen LogP contribution < -0.4 is 20.3 Å². The van der Waals surface area contributed by atoms with Gasteiger partial charge in [0.25, 0.3) is 5.91 Å². The van der Waals surface area contributed by atoms with E-state index in [-0.39, 0.29) is 5.91 Å². The average molecular weight is 381 g/mol. The Morgan fingerprint density at radius 3 is 2.89 bits per heavy atom. The van der Waals surface area contributed by atoms with Crippen molar-refractivity contribution in [1.29, 1.82) is 0 Å². The Balaban J connectivity index is 1.52. The number of nitrogens with one attached hydrogen (secondary N) is 2. The number of ether oxygens (including phenoxy) is 1. The first kappa shape index (κ1) is 18.2. The highest BCUT2D eigenvalue weighted by molar-refractivity contribution is 6.08. The summed E-state index contributed by atoms with van der Waals surface area (Å²) in [4.78, 5) is 14.9. The van der Waals surface area contributed by atoms with E-state index in [0.29, 0.717) is 23.2 Å².